The Morgan fingerprint density at radius 3 is 2.55 bits per heavy atom. The van der Waals surface area contributed by atoms with Gasteiger partial charge in [-0.05, 0) is 12.1 Å². The second-order valence-corrected chi connectivity index (χ2v) is 4.95. The van der Waals surface area contributed by atoms with Crippen LogP contribution in [0.3, 0.4) is 0 Å². The monoisotopic (exact) mass is 311 g/mol. The van der Waals surface area contributed by atoms with Crippen molar-refractivity contribution in [2.45, 2.75) is 0 Å². The zero-order valence-corrected chi connectivity index (χ0v) is 12.7. The van der Waals surface area contributed by atoms with Crippen molar-refractivity contribution in [2.75, 3.05) is 11.5 Å². The molecule has 1 heterocycles. The predicted molar refractivity (Wildman–Crippen MR) is 88.5 cm³/mol. The predicted octanol–water partition coefficient (Wildman–Crippen LogP) is 4.44. The number of halogens is 1. The molecule has 0 aliphatic carbocycles. The molecule has 110 valence electrons. The van der Waals surface area contributed by atoms with E-state index in [0.29, 0.717) is 5.82 Å². The zero-order valence-electron chi connectivity index (χ0n) is 12.0. The lowest BCUT2D eigenvalue weighted by Gasteiger charge is -2.16. The number of hydrogen-bond acceptors (Lipinski definition) is 4. The molecule has 0 aliphatic rings. The van der Waals surface area contributed by atoms with Gasteiger partial charge in [0.25, 0.3) is 0 Å². The van der Waals surface area contributed by atoms with E-state index in [1.807, 2.05) is 60.7 Å². The van der Waals surface area contributed by atoms with Crippen LogP contribution in [-0.2, 0) is 0 Å². The number of ether oxygens (including phenoxy) is 1. The van der Waals surface area contributed by atoms with Gasteiger partial charge in [-0.25, -0.2) is 14.4 Å². The van der Waals surface area contributed by atoms with Crippen molar-refractivity contribution in [1.82, 2.24) is 9.97 Å². The number of rotatable bonds is 4. The Hall–Kier alpha value is -2.59. The molecule has 0 amide bonds. The highest BCUT2D eigenvalue weighted by atomic mass is 35.5. The molecule has 0 bridgehead atoms. The number of anilines is 2. The molecular formula is C17H14ClN3O. The van der Waals surface area contributed by atoms with E-state index in [-0.39, 0.29) is 0 Å². The highest BCUT2D eigenvalue weighted by Gasteiger charge is 2.10. The van der Waals surface area contributed by atoms with E-state index < -0.39 is 0 Å². The summed E-state index contributed by atoms with van der Waals surface area (Å²) < 4.78 is 6.70. The van der Waals surface area contributed by atoms with Gasteiger partial charge in [0.15, 0.2) is 5.82 Å². The molecule has 0 fully saturated rings. The van der Waals surface area contributed by atoms with Crippen LogP contribution < -0.4 is 9.16 Å². The van der Waals surface area contributed by atoms with Gasteiger partial charge >= 0.3 is 0 Å². The minimum atomic E-state index is 0.601. The Balaban J connectivity index is 1.94. The van der Waals surface area contributed by atoms with Gasteiger partial charge in [-0.3, -0.25) is 0 Å². The summed E-state index contributed by atoms with van der Waals surface area (Å²) in [5.41, 5.74) is 2.61. The van der Waals surface area contributed by atoms with Gasteiger partial charge in [0.1, 0.15) is 12.1 Å². The van der Waals surface area contributed by atoms with Crippen LogP contribution in [0.4, 0.5) is 11.5 Å². The number of benzene rings is 2. The number of hydrogen-bond donors (Lipinski definition) is 0. The maximum atomic E-state index is 6.41. The van der Waals surface area contributed by atoms with Gasteiger partial charge in [-0.1, -0.05) is 36.4 Å². The summed E-state index contributed by atoms with van der Waals surface area (Å²) in [6, 6.07) is 19.2. The van der Waals surface area contributed by atoms with Crippen molar-refractivity contribution in [1.29, 1.82) is 0 Å². The Morgan fingerprint density at radius 2 is 1.77 bits per heavy atom. The molecule has 0 unspecified atom stereocenters. The number of methoxy groups -OCH3 is 1. The van der Waals surface area contributed by atoms with Crippen LogP contribution in [0.25, 0.3) is 11.3 Å². The van der Waals surface area contributed by atoms with Crippen molar-refractivity contribution in [3.8, 4) is 17.0 Å². The van der Waals surface area contributed by atoms with E-state index in [4.69, 9.17) is 16.5 Å². The van der Waals surface area contributed by atoms with Gasteiger partial charge in [-0.2, -0.15) is 0 Å². The first-order valence-corrected chi connectivity index (χ1v) is 7.09. The van der Waals surface area contributed by atoms with Crippen molar-refractivity contribution in [2.24, 2.45) is 0 Å². The Morgan fingerprint density at radius 1 is 0.955 bits per heavy atom. The average Bonchev–Trinajstić information content (AvgIpc) is 2.62. The van der Waals surface area contributed by atoms with Crippen LogP contribution in [0.2, 0.25) is 0 Å². The van der Waals surface area contributed by atoms with Crippen LogP contribution in [-0.4, -0.2) is 17.1 Å². The average molecular weight is 312 g/mol. The minimum Gasteiger partial charge on any atom is -0.497 e. The lowest BCUT2D eigenvalue weighted by molar-refractivity contribution is 0.415. The van der Waals surface area contributed by atoms with Crippen LogP contribution in [0.1, 0.15) is 0 Å². The third-order valence-electron chi connectivity index (χ3n) is 3.20. The fourth-order valence-electron chi connectivity index (χ4n) is 2.09. The molecule has 0 spiro atoms. The highest BCUT2D eigenvalue weighted by molar-refractivity contribution is 6.29. The van der Waals surface area contributed by atoms with Gasteiger partial charge < -0.3 is 4.74 Å². The molecule has 0 radical (unpaired) electrons. The fourth-order valence-corrected chi connectivity index (χ4v) is 2.28. The topological polar surface area (TPSA) is 38.2 Å². The van der Waals surface area contributed by atoms with Gasteiger partial charge in [0, 0.05) is 29.5 Å². The third kappa shape index (κ3) is 3.02. The molecule has 0 saturated heterocycles. The number of nitrogens with zero attached hydrogens (tertiary/aromatic N) is 3. The highest BCUT2D eigenvalue weighted by Crippen LogP contribution is 2.30. The first-order chi connectivity index (χ1) is 10.8. The molecular weight excluding hydrogens is 298 g/mol. The Kier molecular flexibility index (Phi) is 4.21. The molecule has 3 aromatic rings. The van der Waals surface area contributed by atoms with E-state index in [0.717, 1.165) is 22.7 Å². The quantitative estimate of drug-likeness (QED) is 0.667. The lowest BCUT2D eigenvalue weighted by Crippen LogP contribution is -2.05. The first kappa shape index (κ1) is 14.4. The number of aromatic nitrogens is 2. The summed E-state index contributed by atoms with van der Waals surface area (Å²) >= 11 is 6.41. The summed E-state index contributed by atoms with van der Waals surface area (Å²) in [7, 11) is 1.62. The summed E-state index contributed by atoms with van der Waals surface area (Å²) in [4.78, 5) is 8.54. The summed E-state index contributed by atoms with van der Waals surface area (Å²) in [6.07, 6.45) is 1.51. The molecule has 0 N–H and O–H groups in total. The molecule has 0 atom stereocenters. The first-order valence-electron chi connectivity index (χ1n) is 6.75. The molecule has 22 heavy (non-hydrogen) atoms. The fraction of sp³-hybridized carbons (Fsp3) is 0.0588. The molecule has 1 aromatic heterocycles. The van der Waals surface area contributed by atoms with E-state index in [9.17, 15) is 0 Å². The maximum Gasteiger partial charge on any atom is 0.151 e. The third-order valence-corrected chi connectivity index (χ3v) is 3.57. The summed E-state index contributed by atoms with van der Waals surface area (Å²) in [6.45, 7) is 0. The maximum absolute atomic E-state index is 6.41. The SMILES string of the molecule is COc1cccc(N(Cl)c2cc(-c3ccccc3)ncn2)c1. The van der Waals surface area contributed by atoms with E-state index in [1.54, 1.807) is 7.11 Å². The normalized spacial score (nSPS) is 10.3. The second kappa shape index (κ2) is 6.45. The van der Waals surface area contributed by atoms with Crippen LogP contribution >= 0.6 is 11.8 Å². The van der Waals surface area contributed by atoms with E-state index in [1.165, 1.54) is 10.7 Å². The molecule has 3 rings (SSSR count). The van der Waals surface area contributed by atoms with Crippen molar-refractivity contribution < 1.29 is 4.74 Å². The zero-order chi connectivity index (χ0) is 15.4. The standard InChI is InChI=1S/C17H14ClN3O/c1-22-15-9-5-8-14(10-15)21(18)17-11-16(19-12-20-17)13-6-3-2-4-7-13/h2-12H,1H3. The van der Waals surface area contributed by atoms with Crippen molar-refractivity contribution >= 4 is 23.3 Å². The van der Waals surface area contributed by atoms with Gasteiger partial charge in [0.2, 0.25) is 0 Å². The molecule has 0 aliphatic heterocycles. The minimum absolute atomic E-state index is 0.601. The molecule has 2 aromatic carbocycles. The van der Waals surface area contributed by atoms with Crippen LogP contribution in [0.5, 0.6) is 5.75 Å². The smallest absolute Gasteiger partial charge is 0.151 e. The summed E-state index contributed by atoms with van der Waals surface area (Å²) in [5, 5.41) is 0. The van der Waals surface area contributed by atoms with Crippen molar-refractivity contribution in [3.63, 3.8) is 0 Å². The van der Waals surface area contributed by atoms with Gasteiger partial charge in [0.05, 0.1) is 18.5 Å². The van der Waals surface area contributed by atoms with Crippen LogP contribution in [0, 0.1) is 0 Å². The Labute approximate surface area is 134 Å². The van der Waals surface area contributed by atoms with E-state index in [2.05, 4.69) is 9.97 Å². The van der Waals surface area contributed by atoms with Crippen LogP contribution in [0.15, 0.2) is 67.0 Å². The largest absolute Gasteiger partial charge is 0.497 e. The molecule has 4 nitrogen and oxygen atoms in total. The Bertz CT molecular complexity index is 765. The molecule has 5 heteroatoms. The summed E-state index contributed by atoms with van der Waals surface area (Å²) in [5.74, 6) is 1.34. The second-order valence-electron chi connectivity index (χ2n) is 4.61. The van der Waals surface area contributed by atoms with Crippen molar-refractivity contribution in [3.05, 3.63) is 67.0 Å². The molecule has 0 saturated carbocycles. The van der Waals surface area contributed by atoms with Gasteiger partial charge in [-0.15, -0.1) is 0 Å². The van der Waals surface area contributed by atoms with E-state index >= 15 is 0 Å². The lowest BCUT2D eigenvalue weighted by atomic mass is 10.1.